The van der Waals surface area contributed by atoms with Crippen molar-refractivity contribution in [2.75, 3.05) is 0 Å². The molecule has 232 valence electrons. The van der Waals surface area contributed by atoms with Gasteiger partial charge in [-0.15, -0.1) is 0 Å². The Kier molecular flexibility index (Phi) is 7.72. The van der Waals surface area contributed by atoms with E-state index in [4.69, 9.17) is 5.73 Å². The second-order valence-electron chi connectivity index (χ2n) is 12.5. The van der Waals surface area contributed by atoms with Gasteiger partial charge in [0, 0.05) is 5.57 Å². The maximum absolute atomic E-state index is 9.43. The molecule has 2 N–H and O–H groups in total. The number of hydrogen-bond donors (Lipinski definition) is 1. The van der Waals surface area contributed by atoms with Crippen molar-refractivity contribution >= 4 is 10.8 Å². The second-order valence-corrected chi connectivity index (χ2v) is 12.5. The van der Waals surface area contributed by atoms with Gasteiger partial charge >= 0.3 is 0 Å². The van der Waals surface area contributed by atoms with Crippen molar-refractivity contribution in [1.82, 2.24) is 0 Å². The zero-order chi connectivity index (χ0) is 33.2. The SMILES string of the molecule is N#CC(/C=C\N)=C/Cc1ccc(-c2cc3c(c4ccccc24)-c2ccc(-c4ccccc4)cc2C3(c2ccccc2)c2ccccc2)cc1. The number of nitrogens with zero attached hydrogens (tertiary/aromatic N) is 1. The topological polar surface area (TPSA) is 49.8 Å². The fraction of sp³-hybridized carbons (Fsp3) is 0.0426. The van der Waals surface area contributed by atoms with Gasteiger partial charge in [0.2, 0.25) is 0 Å². The van der Waals surface area contributed by atoms with Crippen LogP contribution in [0.1, 0.15) is 27.8 Å². The summed E-state index contributed by atoms with van der Waals surface area (Å²) >= 11 is 0. The molecule has 0 spiro atoms. The lowest BCUT2D eigenvalue weighted by molar-refractivity contribution is 0.769. The average molecular weight is 627 g/mol. The van der Waals surface area contributed by atoms with Crippen LogP contribution in [0.15, 0.2) is 188 Å². The Morgan fingerprint density at radius 1 is 0.571 bits per heavy atom. The quantitative estimate of drug-likeness (QED) is 0.141. The maximum Gasteiger partial charge on any atom is 0.0988 e. The molecule has 0 amide bonds. The van der Waals surface area contributed by atoms with Crippen LogP contribution in [0.25, 0.3) is 44.2 Å². The first-order valence-corrected chi connectivity index (χ1v) is 16.7. The monoisotopic (exact) mass is 626 g/mol. The Hall–Kier alpha value is -6.43. The molecule has 0 atom stereocenters. The summed E-state index contributed by atoms with van der Waals surface area (Å²) in [6.45, 7) is 0. The fourth-order valence-electron chi connectivity index (χ4n) is 7.70. The minimum absolute atomic E-state index is 0.536. The highest BCUT2D eigenvalue weighted by atomic mass is 14.5. The molecule has 1 aliphatic carbocycles. The second kappa shape index (κ2) is 12.6. The third-order valence-corrected chi connectivity index (χ3v) is 9.89. The molecule has 0 radical (unpaired) electrons. The van der Waals surface area contributed by atoms with Gasteiger partial charge in [-0.1, -0.05) is 158 Å². The van der Waals surface area contributed by atoms with Gasteiger partial charge in [0.25, 0.3) is 0 Å². The van der Waals surface area contributed by atoms with Crippen molar-refractivity contribution in [1.29, 1.82) is 5.26 Å². The molecule has 0 saturated carbocycles. The molecule has 49 heavy (non-hydrogen) atoms. The van der Waals surface area contributed by atoms with Gasteiger partial charge in [0.15, 0.2) is 0 Å². The Morgan fingerprint density at radius 3 is 1.80 bits per heavy atom. The van der Waals surface area contributed by atoms with E-state index in [1.54, 1.807) is 6.08 Å². The molecule has 7 aromatic rings. The van der Waals surface area contributed by atoms with Crippen molar-refractivity contribution in [3.05, 3.63) is 216 Å². The summed E-state index contributed by atoms with van der Waals surface area (Å²) in [6, 6.07) is 62.0. The highest BCUT2D eigenvalue weighted by Crippen LogP contribution is 2.59. The van der Waals surface area contributed by atoms with Crippen LogP contribution in [0.4, 0.5) is 0 Å². The normalized spacial score (nSPS) is 13.2. The molecule has 0 saturated heterocycles. The van der Waals surface area contributed by atoms with Gasteiger partial charge < -0.3 is 5.73 Å². The van der Waals surface area contributed by atoms with E-state index in [1.807, 2.05) is 6.08 Å². The van der Waals surface area contributed by atoms with E-state index in [1.165, 1.54) is 67.0 Å². The molecule has 0 aliphatic heterocycles. The van der Waals surface area contributed by atoms with Gasteiger partial charge in [0.1, 0.15) is 0 Å². The maximum atomic E-state index is 9.43. The lowest BCUT2D eigenvalue weighted by atomic mass is 9.67. The molecular weight excluding hydrogens is 593 g/mol. The molecule has 0 fully saturated rings. The number of nitriles is 1. The molecule has 2 heteroatoms. The van der Waals surface area contributed by atoms with Crippen molar-refractivity contribution in [2.24, 2.45) is 5.73 Å². The standard InChI is InChI=1S/C47H34N2/c48-29-28-34(32-49)21-20-33-22-24-36(25-23-33)43-31-45-46(41-19-11-10-18-40(41)43)42-27-26-37(35-12-4-1-5-13-35)30-44(42)47(45,38-14-6-2-7-15-38)39-16-8-3-9-17-39/h1-19,21-31H,20,48H2/b29-28-,34-21+. The zero-order valence-corrected chi connectivity index (χ0v) is 27.1. The van der Waals surface area contributed by atoms with Crippen LogP contribution < -0.4 is 5.73 Å². The van der Waals surface area contributed by atoms with Crippen molar-refractivity contribution in [3.63, 3.8) is 0 Å². The largest absolute Gasteiger partial charge is 0.405 e. The number of hydrogen-bond acceptors (Lipinski definition) is 2. The van der Waals surface area contributed by atoms with Crippen LogP contribution in [0, 0.1) is 11.3 Å². The summed E-state index contributed by atoms with van der Waals surface area (Å²) in [5, 5.41) is 11.9. The molecule has 1 aliphatic rings. The van der Waals surface area contributed by atoms with Crippen molar-refractivity contribution in [3.8, 4) is 39.4 Å². The summed E-state index contributed by atoms with van der Waals surface area (Å²) < 4.78 is 0. The summed E-state index contributed by atoms with van der Waals surface area (Å²) in [4.78, 5) is 0. The van der Waals surface area contributed by atoms with E-state index >= 15 is 0 Å². The van der Waals surface area contributed by atoms with Crippen LogP contribution in [0.2, 0.25) is 0 Å². The highest BCUT2D eigenvalue weighted by molar-refractivity contribution is 6.10. The lowest BCUT2D eigenvalue weighted by Crippen LogP contribution is -2.28. The number of rotatable bonds is 7. The van der Waals surface area contributed by atoms with E-state index in [9.17, 15) is 5.26 Å². The van der Waals surface area contributed by atoms with E-state index in [2.05, 4.69) is 170 Å². The van der Waals surface area contributed by atoms with E-state index in [0.717, 1.165) is 11.1 Å². The van der Waals surface area contributed by atoms with Gasteiger partial charge in [-0.2, -0.15) is 5.26 Å². The fourth-order valence-corrected chi connectivity index (χ4v) is 7.70. The van der Waals surface area contributed by atoms with Crippen LogP contribution in [-0.4, -0.2) is 0 Å². The molecular formula is C47H34N2. The first kappa shape index (κ1) is 29.9. The van der Waals surface area contributed by atoms with Crippen molar-refractivity contribution in [2.45, 2.75) is 11.8 Å². The van der Waals surface area contributed by atoms with Crippen LogP contribution >= 0.6 is 0 Å². The third-order valence-electron chi connectivity index (χ3n) is 9.89. The van der Waals surface area contributed by atoms with Crippen LogP contribution in [-0.2, 0) is 11.8 Å². The Morgan fingerprint density at radius 2 is 1.16 bits per heavy atom. The average Bonchev–Trinajstić information content (AvgIpc) is 3.48. The van der Waals surface area contributed by atoms with Crippen LogP contribution in [0.3, 0.4) is 0 Å². The van der Waals surface area contributed by atoms with E-state index in [-0.39, 0.29) is 0 Å². The molecule has 0 unspecified atom stereocenters. The molecule has 0 heterocycles. The molecule has 2 nitrogen and oxygen atoms in total. The first-order valence-electron chi connectivity index (χ1n) is 16.7. The van der Waals surface area contributed by atoms with Gasteiger partial charge in [0.05, 0.1) is 11.5 Å². The number of nitrogens with two attached hydrogens (primary N) is 1. The Balaban J connectivity index is 1.41. The molecule has 8 rings (SSSR count). The molecule has 0 aromatic heterocycles. The Bertz CT molecular complexity index is 2360. The van der Waals surface area contributed by atoms with Crippen molar-refractivity contribution < 1.29 is 0 Å². The van der Waals surface area contributed by atoms with E-state index in [0.29, 0.717) is 12.0 Å². The number of fused-ring (bicyclic) bond motifs is 5. The highest BCUT2D eigenvalue weighted by Gasteiger charge is 2.47. The summed E-state index contributed by atoms with van der Waals surface area (Å²) in [6.07, 6.45) is 5.61. The predicted molar refractivity (Wildman–Crippen MR) is 203 cm³/mol. The first-order chi connectivity index (χ1) is 24.2. The van der Waals surface area contributed by atoms with E-state index < -0.39 is 5.41 Å². The van der Waals surface area contributed by atoms with Gasteiger partial charge in [-0.3, -0.25) is 0 Å². The predicted octanol–water partition coefficient (Wildman–Crippen LogP) is 11.0. The minimum atomic E-state index is -0.536. The number of allylic oxidation sites excluding steroid dienone is 3. The Labute approximate surface area is 287 Å². The molecule has 0 bridgehead atoms. The smallest absolute Gasteiger partial charge is 0.0988 e. The van der Waals surface area contributed by atoms with Gasteiger partial charge in [-0.25, -0.2) is 0 Å². The van der Waals surface area contributed by atoms with Crippen LogP contribution in [0.5, 0.6) is 0 Å². The number of benzene rings is 7. The third kappa shape index (κ3) is 5.05. The summed E-state index contributed by atoms with van der Waals surface area (Å²) in [5.41, 5.74) is 19.1. The zero-order valence-electron chi connectivity index (χ0n) is 27.1. The molecule has 7 aromatic carbocycles. The summed E-state index contributed by atoms with van der Waals surface area (Å²) in [5.74, 6) is 0. The summed E-state index contributed by atoms with van der Waals surface area (Å²) in [7, 11) is 0. The van der Waals surface area contributed by atoms with Gasteiger partial charge in [-0.05, 0) is 103 Å². The minimum Gasteiger partial charge on any atom is -0.405 e. The lowest BCUT2D eigenvalue weighted by Gasteiger charge is -2.34.